The van der Waals surface area contributed by atoms with Crippen molar-refractivity contribution in [3.63, 3.8) is 0 Å². The highest BCUT2D eigenvalue weighted by Gasteiger charge is 2.21. The van der Waals surface area contributed by atoms with Gasteiger partial charge in [0.15, 0.2) is 5.16 Å². The van der Waals surface area contributed by atoms with Crippen LogP contribution in [-0.4, -0.2) is 52.6 Å². The van der Waals surface area contributed by atoms with Crippen LogP contribution in [0.25, 0.3) is 0 Å². The van der Waals surface area contributed by atoms with Crippen molar-refractivity contribution < 1.29 is 23.9 Å². The van der Waals surface area contributed by atoms with Crippen LogP contribution in [0.2, 0.25) is 0 Å². The first-order valence-electron chi connectivity index (χ1n) is 11.1. The lowest BCUT2D eigenvalue weighted by Gasteiger charge is -2.21. The van der Waals surface area contributed by atoms with Crippen molar-refractivity contribution in [1.29, 1.82) is 0 Å². The Morgan fingerprint density at radius 1 is 1.09 bits per heavy atom. The number of carbonyl (C=O) groups excluding carboxylic acids is 3. The number of esters is 2. The van der Waals surface area contributed by atoms with E-state index >= 15 is 0 Å². The number of ether oxygens (including phenoxy) is 2. The number of nitrogens with one attached hydrogen (secondary N) is 1. The molecule has 1 heterocycles. The topological polar surface area (TPSA) is 112 Å². The minimum atomic E-state index is -0.618. The molecule has 0 radical (unpaired) electrons. The van der Waals surface area contributed by atoms with Crippen LogP contribution < -0.4 is 5.32 Å². The van der Waals surface area contributed by atoms with Crippen molar-refractivity contribution in [1.82, 2.24) is 14.8 Å². The second-order valence-electron chi connectivity index (χ2n) is 7.93. The largest absolute Gasteiger partial charge is 0.465 e. The lowest BCUT2D eigenvalue weighted by atomic mass is 9.87. The van der Waals surface area contributed by atoms with Gasteiger partial charge in [-0.3, -0.25) is 4.79 Å². The fourth-order valence-electron chi connectivity index (χ4n) is 4.04. The maximum Gasteiger partial charge on any atom is 0.339 e. The molecule has 1 aromatic heterocycles. The molecule has 1 amide bonds. The number of carbonyl (C=O) groups is 3. The van der Waals surface area contributed by atoms with Gasteiger partial charge >= 0.3 is 11.9 Å². The fourth-order valence-corrected chi connectivity index (χ4v) is 4.86. The van der Waals surface area contributed by atoms with E-state index in [2.05, 4.69) is 20.1 Å². The van der Waals surface area contributed by atoms with Gasteiger partial charge in [0.1, 0.15) is 5.82 Å². The highest BCUT2D eigenvalue weighted by molar-refractivity contribution is 7.99. The predicted molar refractivity (Wildman–Crippen MR) is 124 cm³/mol. The van der Waals surface area contributed by atoms with Crippen LogP contribution in [0.15, 0.2) is 23.4 Å². The number of amides is 1. The zero-order chi connectivity index (χ0) is 23.8. The third kappa shape index (κ3) is 6.34. The summed E-state index contributed by atoms with van der Waals surface area (Å²) in [4.78, 5) is 36.6. The van der Waals surface area contributed by atoms with Crippen LogP contribution in [0.1, 0.15) is 65.6 Å². The summed E-state index contributed by atoms with van der Waals surface area (Å²) in [6, 6.07) is 4.27. The summed E-state index contributed by atoms with van der Waals surface area (Å²) in [7, 11) is 2.51. The number of anilines is 1. The summed E-state index contributed by atoms with van der Waals surface area (Å²) in [5.74, 6) is 0.154. The summed E-state index contributed by atoms with van der Waals surface area (Å²) in [6.45, 7) is 2.77. The van der Waals surface area contributed by atoms with Crippen LogP contribution in [0.4, 0.5) is 5.69 Å². The number of aromatic nitrogens is 3. The zero-order valence-corrected chi connectivity index (χ0v) is 20.1. The molecule has 0 spiro atoms. The number of rotatable bonds is 9. The molecule has 1 aliphatic carbocycles. The average Bonchev–Trinajstić information content (AvgIpc) is 3.23. The van der Waals surface area contributed by atoms with Crippen molar-refractivity contribution in [3.05, 3.63) is 35.2 Å². The third-order valence-electron chi connectivity index (χ3n) is 5.76. The summed E-state index contributed by atoms with van der Waals surface area (Å²) in [5.41, 5.74) is 0.548. The number of methoxy groups -OCH3 is 2. The Morgan fingerprint density at radius 3 is 2.48 bits per heavy atom. The van der Waals surface area contributed by atoms with Crippen LogP contribution in [0.3, 0.4) is 0 Å². The zero-order valence-electron chi connectivity index (χ0n) is 19.3. The molecule has 0 unspecified atom stereocenters. The first-order chi connectivity index (χ1) is 16.0. The first-order valence-corrected chi connectivity index (χ1v) is 12.1. The van der Waals surface area contributed by atoms with E-state index in [1.54, 1.807) is 0 Å². The smallest absolute Gasteiger partial charge is 0.339 e. The SMILES string of the molecule is CCn1c(CC2CCCCC2)nnc1SCC(=O)Nc1cc(C(=O)OC)ccc1C(=O)OC. The standard InChI is InChI=1S/C23H30N4O5S/c1-4-27-19(12-15-8-6-5-7-9-15)25-26-23(27)33-14-20(28)24-18-13-16(21(29)31-2)10-11-17(18)22(30)32-3/h10-11,13,15H,4-9,12,14H2,1-3H3,(H,24,28). The van der Waals surface area contributed by atoms with Gasteiger partial charge in [-0.25, -0.2) is 9.59 Å². The lowest BCUT2D eigenvalue weighted by Crippen LogP contribution is -2.18. The summed E-state index contributed by atoms with van der Waals surface area (Å²) in [6.07, 6.45) is 7.24. The van der Waals surface area contributed by atoms with Gasteiger partial charge < -0.3 is 19.4 Å². The minimum Gasteiger partial charge on any atom is -0.465 e. The maximum absolute atomic E-state index is 12.7. The van der Waals surface area contributed by atoms with E-state index in [0.29, 0.717) is 11.1 Å². The van der Waals surface area contributed by atoms with Crippen LogP contribution in [-0.2, 0) is 27.2 Å². The summed E-state index contributed by atoms with van der Waals surface area (Å²) < 4.78 is 11.6. The molecule has 1 aromatic carbocycles. The molecular formula is C23H30N4O5S. The van der Waals surface area contributed by atoms with Gasteiger partial charge in [-0.2, -0.15) is 0 Å². The Kier molecular flexibility index (Phi) is 8.87. The van der Waals surface area contributed by atoms with Crippen LogP contribution in [0.5, 0.6) is 0 Å². The van der Waals surface area contributed by atoms with E-state index in [0.717, 1.165) is 18.8 Å². The van der Waals surface area contributed by atoms with Gasteiger partial charge in [0.25, 0.3) is 0 Å². The van der Waals surface area contributed by atoms with E-state index in [9.17, 15) is 14.4 Å². The molecule has 2 aromatic rings. The maximum atomic E-state index is 12.7. The second kappa shape index (κ2) is 11.8. The van der Waals surface area contributed by atoms with Crippen molar-refractivity contribution >= 4 is 35.3 Å². The van der Waals surface area contributed by atoms with Crippen molar-refractivity contribution in [2.24, 2.45) is 5.92 Å². The Balaban J connectivity index is 1.67. The Bertz CT molecular complexity index is 1000. The molecule has 0 bridgehead atoms. The molecule has 1 aliphatic rings. The predicted octanol–water partition coefficient (Wildman–Crippen LogP) is 3.72. The number of hydrogen-bond donors (Lipinski definition) is 1. The fraction of sp³-hybridized carbons (Fsp3) is 0.522. The number of hydrogen-bond acceptors (Lipinski definition) is 8. The quantitative estimate of drug-likeness (QED) is 0.432. The van der Waals surface area contributed by atoms with Crippen LogP contribution in [0, 0.1) is 5.92 Å². The van der Waals surface area contributed by atoms with Gasteiger partial charge in [-0.15, -0.1) is 10.2 Å². The number of nitrogens with zero attached hydrogens (tertiary/aromatic N) is 3. The molecule has 1 saturated carbocycles. The highest BCUT2D eigenvalue weighted by Crippen LogP contribution is 2.28. The van der Waals surface area contributed by atoms with Gasteiger partial charge in [0, 0.05) is 13.0 Å². The highest BCUT2D eigenvalue weighted by atomic mass is 32.2. The summed E-state index contributed by atoms with van der Waals surface area (Å²) in [5, 5.41) is 12.1. The summed E-state index contributed by atoms with van der Waals surface area (Å²) >= 11 is 1.29. The van der Waals surface area contributed by atoms with E-state index in [1.165, 1.54) is 76.3 Å². The molecule has 3 rings (SSSR count). The number of thioether (sulfide) groups is 1. The van der Waals surface area contributed by atoms with Crippen LogP contribution >= 0.6 is 11.8 Å². The van der Waals surface area contributed by atoms with E-state index in [-0.39, 0.29) is 28.5 Å². The van der Waals surface area contributed by atoms with Gasteiger partial charge in [0.05, 0.1) is 36.8 Å². The Hall–Kier alpha value is -2.88. The normalized spacial score (nSPS) is 14.0. The molecule has 33 heavy (non-hydrogen) atoms. The number of benzene rings is 1. The van der Waals surface area contributed by atoms with Gasteiger partial charge in [0.2, 0.25) is 5.91 Å². The van der Waals surface area contributed by atoms with Crippen molar-refractivity contribution in [3.8, 4) is 0 Å². The molecule has 0 atom stereocenters. The molecule has 10 heteroatoms. The van der Waals surface area contributed by atoms with E-state index in [4.69, 9.17) is 9.47 Å². The monoisotopic (exact) mass is 474 g/mol. The lowest BCUT2D eigenvalue weighted by molar-refractivity contribution is -0.113. The molecule has 9 nitrogen and oxygen atoms in total. The van der Waals surface area contributed by atoms with Gasteiger partial charge in [-0.1, -0.05) is 43.9 Å². The molecule has 178 valence electrons. The third-order valence-corrected chi connectivity index (χ3v) is 6.72. The first kappa shape index (κ1) is 24.8. The molecule has 1 fully saturated rings. The molecule has 0 aliphatic heterocycles. The molecule has 1 N–H and O–H groups in total. The Morgan fingerprint density at radius 2 is 1.82 bits per heavy atom. The van der Waals surface area contributed by atoms with Crippen molar-refractivity contribution in [2.45, 2.75) is 57.1 Å². The van der Waals surface area contributed by atoms with E-state index < -0.39 is 11.9 Å². The molecular weight excluding hydrogens is 444 g/mol. The Labute approximate surface area is 197 Å². The van der Waals surface area contributed by atoms with Gasteiger partial charge in [-0.05, 0) is 31.0 Å². The average molecular weight is 475 g/mol. The minimum absolute atomic E-state index is 0.0740. The second-order valence-corrected chi connectivity index (χ2v) is 8.87. The molecule has 0 saturated heterocycles. The van der Waals surface area contributed by atoms with Crippen molar-refractivity contribution in [2.75, 3.05) is 25.3 Å². The van der Waals surface area contributed by atoms with E-state index in [1.807, 2.05) is 6.92 Å².